The Morgan fingerprint density at radius 3 is 3.00 bits per heavy atom. The molecule has 1 unspecified atom stereocenters. The van der Waals surface area contributed by atoms with E-state index >= 15 is 0 Å². The number of nitrogens with zero attached hydrogens (tertiary/aromatic N) is 2. The topological polar surface area (TPSA) is 64.1 Å². The molecular formula is C12H15N3O. The van der Waals surface area contributed by atoms with Crippen molar-refractivity contribution in [2.45, 2.75) is 13.0 Å². The van der Waals surface area contributed by atoms with Crippen LogP contribution in [0.3, 0.4) is 0 Å². The van der Waals surface area contributed by atoms with Crippen molar-refractivity contribution in [3.63, 3.8) is 0 Å². The molecule has 3 N–H and O–H groups in total. The van der Waals surface area contributed by atoms with E-state index in [1.165, 1.54) is 5.56 Å². The number of aromatic nitrogens is 2. The smallest absolute Gasteiger partial charge is 0.108 e. The van der Waals surface area contributed by atoms with Gasteiger partial charge in [0.2, 0.25) is 0 Å². The molecule has 0 saturated carbocycles. The maximum atomic E-state index is 9.74. The number of aliphatic hydroxyl groups is 1. The van der Waals surface area contributed by atoms with Crippen molar-refractivity contribution in [2.75, 3.05) is 6.54 Å². The maximum absolute atomic E-state index is 9.74. The summed E-state index contributed by atoms with van der Waals surface area (Å²) in [5.74, 6) is 0. The molecule has 0 radical (unpaired) electrons. The zero-order valence-corrected chi connectivity index (χ0v) is 9.17. The highest BCUT2D eigenvalue weighted by molar-refractivity contribution is 5.37. The first-order valence-corrected chi connectivity index (χ1v) is 5.20. The molecule has 2 rings (SSSR count). The Morgan fingerprint density at radius 1 is 1.50 bits per heavy atom. The van der Waals surface area contributed by atoms with E-state index < -0.39 is 6.10 Å². The van der Waals surface area contributed by atoms with Gasteiger partial charge in [-0.25, -0.2) is 4.98 Å². The molecule has 84 valence electrons. The molecule has 16 heavy (non-hydrogen) atoms. The number of hydrogen-bond acceptors (Lipinski definition) is 3. The van der Waals surface area contributed by atoms with Crippen molar-refractivity contribution in [3.05, 3.63) is 48.0 Å². The van der Waals surface area contributed by atoms with E-state index in [9.17, 15) is 5.11 Å². The number of hydrogen-bond donors (Lipinski definition) is 2. The van der Waals surface area contributed by atoms with Crippen molar-refractivity contribution in [1.82, 2.24) is 9.55 Å². The zero-order valence-electron chi connectivity index (χ0n) is 9.17. The summed E-state index contributed by atoms with van der Waals surface area (Å²) in [6.07, 6.45) is 2.64. The van der Waals surface area contributed by atoms with Crippen LogP contribution in [0.25, 0.3) is 5.69 Å². The molecule has 4 nitrogen and oxygen atoms in total. The monoisotopic (exact) mass is 217 g/mol. The minimum atomic E-state index is -0.678. The minimum Gasteiger partial charge on any atom is -0.385 e. The molecule has 0 aliphatic heterocycles. The third-order valence-electron chi connectivity index (χ3n) is 2.51. The second-order valence-electron chi connectivity index (χ2n) is 3.78. The van der Waals surface area contributed by atoms with Crippen molar-refractivity contribution in [1.29, 1.82) is 0 Å². The Bertz CT molecular complexity index is 479. The fourth-order valence-corrected chi connectivity index (χ4v) is 1.67. The predicted molar refractivity (Wildman–Crippen MR) is 62.3 cm³/mol. The van der Waals surface area contributed by atoms with E-state index in [4.69, 9.17) is 5.73 Å². The van der Waals surface area contributed by atoms with E-state index in [-0.39, 0.29) is 6.54 Å². The number of imidazole rings is 1. The van der Waals surface area contributed by atoms with Crippen LogP contribution >= 0.6 is 0 Å². The SMILES string of the molecule is Cc1cccc(-n2cncc2C(O)CN)c1. The van der Waals surface area contributed by atoms with Gasteiger partial charge in [0.25, 0.3) is 0 Å². The van der Waals surface area contributed by atoms with Crippen LogP contribution in [0.1, 0.15) is 17.4 Å². The predicted octanol–water partition coefficient (Wildman–Crippen LogP) is 1.17. The summed E-state index contributed by atoms with van der Waals surface area (Å²) < 4.78 is 1.85. The molecule has 1 atom stereocenters. The molecule has 0 aliphatic rings. The largest absolute Gasteiger partial charge is 0.385 e. The molecule has 1 aromatic carbocycles. The molecule has 0 fully saturated rings. The van der Waals surface area contributed by atoms with Gasteiger partial charge in [0.05, 0.1) is 18.2 Å². The molecule has 2 aromatic rings. The lowest BCUT2D eigenvalue weighted by molar-refractivity contribution is 0.180. The van der Waals surface area contributed by atoms with Gasteiger partial charge in [0, 0.05) is 12.2 Å². The first-order chi connectivity index (χ1) is 7.72. The summed E-state index contributed by atoms with van der Waals surface area (Å²) in [5.41, 5.74) is 8.32. The number of benzene rings is 1. The molecule has 4 heteroatoms. The van der Waals surface area contributed by atoms with E-state index in [2.05, 4.69) is 4.98 Å². The van der Waals surface area contributed by atoms with Crippen LogP contribution in [-0.4, -0.2) is 21.2 Å². The molecular weight excluding hydrogens is 202 g/mol. The summed E-state index contributed by atoms with van der Waals surface area (Å²) in [5, 5.41) is 9.74. The summed E-state index contributed by atoms with van der Waals surface area (Å²) >= 11 is 0. The van der Waals surface area contributed by atoms with Gasteiger partial charge in [0.15, 0.2) is 0 Å². The second kappa shape index (κ2) is 4.47. The maximum Gasteiger partial charge on any atom is 0.108 e. The Labute approximate surface area is 94.4 Å². The lowest BCUT2D eigenvalue weighted by atomic mass is 10.2. The van der Waals surface area contributed by atoms with Crippen LogP contribution in [0.2, 0.25) is 0 Å². The fourth-order valence-electron chi connectivity index (χ4n) is 1.67. The lowest BCUT2D eigenvalue weighted by Gasteiger charge is -2.12. The average Bonchev–Trinajstić information content (AvgIpc) is 2.77. The van der Waals surface area contributed by atoms with Gasteiger partial charge in [-0.15, -0.1) is 0 Å². The van der Waals surface area contributed by atoms with E-state index in [0.717, 1.165) is 5.69 Å². The Morgan fingerprint density at radius 2 is 2.31 bits per heavy atom. The number of aliphatic hydroxyl groups excluding tert-OH is 1. The highest BCUT2D eigenvalue weighted by atomic mass is 16.3. The third-order valence-corrected chi connectivity index (χ3v) is 2.51. The normalized spacial score (nSPS) is 12.7. The number of nitrogens with two attached hydrogens (primary N) is 1. The summed E-state index contributed by atoms with van der Waals surface area (Å²) in [6.45, 7) is 2.22. The van der Waals surface area contributed by atoms with Crippen LogP contribution in [0.15, 0.2) is 36.8 Å². The highest BCUT2D eigenvalue weighted by Crippen LogP contribution is 2.17. The van der Waals surface area contributed by atoms with Crippen LogP contribution in [0, 0.1) is 6.92 Å². The Balaban J connectivity index is 2.44. The van der Waals surface area contributed by atoms with Gasteiger partial charge in [0.1, 0.15) is 6.10 Å². The van der Waals surface area contributed by atoms with Crippen molar-refractivity contribution in [3.8, 4) is 5.69 Å². The van der Waals surface area contributed by atoms with Gasteiger partial charge in [-0.3, -0.25) is 0 Å². The first-order valence-electron chi connectivity index (χ1n) is 5.20. The van der Waals surface area contributed by atoms with Crippen LogP contribution in [0.5, 0.6) is 0 Å². The van der Waals surface area contributed by atoms with Crippen molar-refractivity contribution < 1.29 is 5.11 Å². The van der Waals surface area contributed by atoms with Crippen LogP contribution < -0.4 is 5.73 Å². The third kappa shape index (κ3) is 1.98. The molecule has 0 spiro atoms. The molecule has 0 amide bonds. The molecule has 0 bridgehead atoms. The fraction of sp³-hybridized carbons (Fsp3) is 0.250. The molecule has 1 heterocycles. The number of aryl methyl sites for hydroxylation is 1. The van der Waals surface area contributed by atoms with Crippen molar-refractivity contribution >= 4 is 0 Å². The molecule has 1 aromatic heterocycles. The van der Waals surface area contributed by atoms with Crippen LogP contribution in [-0.2, 0) is 0 Å². The summed E-state index contributed by atoms with van der Waals surface area (Å²) in [7, 11) is 0. The first kappa shape index (κ1) is 10.9. The van der Waals surface area contributed by atoms with Gasteiger partial charge < -0.3 is 15.4 Å². The number of rotatable bonds is 3. The van der Waals surface area contributed by atoms with Crippen molar-refractivity contribution in [2.24, 2.45) is 5.73 Å². The quantitative estimate of drug-likeness (QED) is 0.811. The average molecular weight is 217 g/mol. The second-order valence-corrected chi connectivity index (χ2v) is 3.78. The van der Waals surface area contributed by atoms with Gasteiger partial charge >= 0.3 is 0 Å². The van der Waals surface area contributed by atoms with Gasteiger partial charge in [-0.1, -0.05) is 12.1 Å². The van der Waals surface area contributed by atoms with E-state index in [0.29, 0.717) is 5.69 Å². The summed E-state index contributed by atoms with van der Waals surface area (Å²) in [6, 6.07) is 8.01. The zero-order chi connectivity index (χ0) is 11.5. The standard InChI is InChI=1S/C12H15N3O/c1-9-3-2-4-10(5-9)15-8-14-7-11(15)12(16)6-13/h2-5,7-8,12,16H,6,13H2,1H3. The Kier molecular flexibility index (Phi) is 3.03. The minimum absolute atomic E-state index is 0.192. The Hall–Kier alpha value is -1.65. The van der Waals surface area contributed by atoms with Gasteiger partial charge in [-0.05, 0) is 24.6 Å². The van der Waals surface area contributed by atoms with E-state index in [1.807, 2.05) is 35.8 Å². The van der Waals surface area contributed by atoms with Gasteiger partial charge in [-0.2, -0.15) is 0 Å². The molecule has 0 aliphatic carbocycles. The lowest BCUT2D eigenvalue weighted by Crippen LogP contribution is -2.14. The molecule has 0 saturated heterocycles. The summed E-state index contributed by atoms with van der Waals surface area (Å²) in [4.78, 5) is 4.04. The van der Waals surface area contributed by atoms with Crippen LogP contribution in [0.4, 0.5) is 0 Å². The highest BCUT2D eigenvalue weighted by Gasteiger charge is 2.11. The van der Waals surface area contributed by atoms with E-state index in [1.54, 1.807) is 12.5 Å².